The number of benzene rings is 2. The van der Waals surface area contributed by atoms with Crippen LogP contribution in [0.15, 0.2) is 52.9 Å². The molecule has 0 spiro atoms. The van der Waals surface area contributed by atoms with Gasteiger partial charge in [0.05, 0.1) is 18.1 Å². The van der Waals surface area contributed by atoms with E-state index in [9.17, 15) is 13.2 Å². The summed E-state index contributed by atoms with van der Waals surface area (Å²) in [6, 6.07) is 14.9. The van der Waals surface area contributed by atoms with E-state index < -0.39 is 21.5 Å². The number of nitrogens with one attached hydrogen (secondary N) is 1. The Hall–Kier alpha value is -3.13. The number of amides is 1. The molecule has 1 aromatic heterocycles. The summed E-state index contributed by atoms with van der Waals surface area (Å²) in [5.74, 6) is 0.0224. The van der Waals surface area contributed by atoms with Crippen LogP contribution in [0.4, 0.5) is 0 Å². The van der Waals surface area contributed by atoms with Crippen molar-refractivity contribution in [2.24, 2.45) is 0 Å². The van der Waals surface area contributed by atoms with E-state index in [1.165, 1.54) is 0 Å². The van der Waals surface area contributed by atoms with E-state index >= 15 is 0 Å². The highest BCUT2D eigenvalue weighted by Gasteiger charge is 2.22. The molecule has 0 atom stereocenters. The van der Waals surface area contributed by atoms with Crippen molar-refractivity contribution in [1.82, 2.24) is 10.3 Å². The fraction of sp³-hybridized carbons (Fsp3) is 0.333. The first-order valence-electron chi connectivity index (χ1n) is 10.5. The predicted octanol–water partition coefficient (Wildman–Crippen LogP) is 3.98. The van der Waals surface area contributed by atoms with E-state index in [0.29, 0.717) is 24.0 Å². The first-order chi connectivity index (χ1) is 15.3. The molecule has 0 aliphatic heterocycles. The number of hydrogen-bond donors (Lipinski definition) is 1. The molecule has 170 valence electrons. The predicted molar refractivity (Wildman–Crippen MR) is 123 cm³/mol. The Labute approximate surface area is 188 Å². The average molecular weight is 457 g/mol. The number of hydrogen-bond acceptors (Lipinski definition) is 6. The van der Waals surface area contributed by atoms with Crippen LogP contribution in [0.5, 0.6) is 5.75 Å². The molecule has 0 aliphatic rings. The van der Waals surface area contributed by atoms with Gasteiger partial charge in [0.15, 0.2) is 9.84 Å². The van der Waals surface area contributed by atoms with Crippen molar-refractivity contribution >= 4 is 15.7 Å². The molecule has 3 aromatic rings. The van der Waals surface area contributed by atoms with Crippen LogP contribution in [-0.2, 0) is 26.9 Å². The Morgan fingerprint density at radius 1 is 1.06 bits per heavy atom. The molecule has 1 N–H and O–H groups in total. The topological polar surface area (TPSA) is 98.5 Å². The SMILES string of the molecule is CCCOc1ccc(CNC(=O)CS(=O)(=O)Cc2nc(-c3ccc(C)cc3)oc2C)cc1. The summed E-state index contributed by atoms with van der Waals surface area (Å²) in [6.07, 6.45) is 0.924. The monoisotopic (exact) mass is 456 g/mol. The first-order valence-corrected chi connectivity index (χ1v) is 12.3. The number of nitrogens with zero attached hydrogens (tertiary/aromatic N) is 1. The van der Waals surface area contributed by atoms with E-state index in [-0.39, 0.29) is 12.3 Å². The normalized spacial score (nSPS) is 11.3. The zero-order chi connectivity index (χ0) is 23.1. The van der Waals surface area contributed by atoms with Crippen molar-refractivity contribution in [3.05, 3.63) is 71.1 Å². The molecule has 2 aromatic carbocycles. The number of aryl methyl sites for hydroxylation is 2. The second kappa shape index (κ2) is 10.5. The van der Waals surface area contributed by atoms with E-state index in [4.69, 9.17) is 9.15 Å². The lowest BCUT2D eigenvalue weighted by Gasteiger charge is -2.08. The zero-order valence-corrected chi connectivity index (χ0v) is 19.4. The molecule has 0 aliphatic carbocycles. The van der Waals surface area contributed by atoms with Crippen molar-refractivity contribution in [2.45, 2.75) is 39.5 Å². The van der Waals surface area contributed by atoms with Crippen LogP contribution in [-0.4, -0.2) is 31.7 Å². The van der Waals surface area contributed by atoms with Gasteiger partial charge in [0.2, 0.25) is 11.8 Å². The lowest BCUT2D eigenvalue weighted by molar-refractivity contribution is -0.118. The molecule has 0 saturated heterocycles. The van der Waals surface area contributed by atoms with Gasteiger partial charge in [-0.05, 0) is 50.1 Å². The summed E-state index contributed by atoms with van der Waals surface area (Å²) < 4.78 is 36.3. The molecule has 32 heavy (non-hydrogen) atoms. The molecule has 0 fully saturated rings. The Balaban J connectivity index is 1.55. The summed E-state index contributed by atoms with van der Waals surface area (Å²) in [7, 11) is -3.71. The van der Waals surface area contributed by atoms with Crippen LogP contribution in [0, 0.1) is 13.8 Å². The van der Waals surface area contributed by atoms with Gasteiger partial charge in [0, 0.05) is 12.1 Å². The minimum absolute atomic E-state index is 0.239. The zero-order valence-electron chi connectivity index (χ0n) is 18.6. The maximum Gasteiger partial charge on any atom is 0.235 e. The van der Waals surface area contributed by atoms with E-state index in [2.05, 4.69) is 10.3 Å². The standard InChI is InChI=1S/C24H28N2O5S/c1-4-13-30-21-11-7-19(8-12-21)14-25-23(27)16-32(28,29)15-22-18(3)31-24(26-22)20-9-5-17(2)6-10-20/h5-12H,4,13-16H2,1-3H3,(H,25,27). The maximum atomic E-state index is 12.6. The Morgan fingerprint density at radius 3 is 2.41 bits per heavy atom. The van der Waals surface area contributed by atoms with Gasteiger partial charge in [0.1, 0.15) is 17.3 Å². The molecule has 0 radical (unpaired) electrons. The van der Waals surface area contributed by atoms with Crippen LogP contribution >= 0.6 is 0 Å². The average Bonchev–Trinajstić information content (AvgIpc) is 3.11. The quantitative estimate of drug-likeness (QED) is 0.496. The smallest absolute Gasteiger partial charge is 0.235 e. The minimum atomic E-state index is -3.71. The third-order valence-electron chi connectivity index (χ3n) is 4.78. The Kier molecular flexibility index (Phi) is 7.69. The summed E-state index contributed by atoms with van der Waals surface area (Å²) in [5, 5.41) is 2.65. The molecule has 1 amide bonds. The number of sulfone groups is 1. The molecule has 8 heteroatoms. The van der Waals surface area contributed by atoms with Gasteiger partial charge in [-0.15, -0.1) is 0 Å². The van der Waals surface area contributed by atoms with E-state index in [0.717, 1.165) is 28.9 Å². The fourth-order valence-electron chi connectivity index (χ4n) is 3.02. The lowest BCUT2D eigenvalue weighted by Crippen LogP contribution is -2.30. The number of carbonyl (C=O) groups is 1. The Morgan fingerprint density at radius 2 is 1.75 bits per heavy atom. The van der Waals surface area contributed by atoms with Crippen molar-refractivity contribution in [3.63, 3.8) is 0 Å². The van der Waals surface area contributed by atoms with Crippen LogP contribution in [0.2, 0.25) is 0 Å². The molecular weight excluding hydrogens is 428 g/mol. The number of carbonyl (C=O) groups excluding carboxylic acids is 1. The summed E-state index contributed by atoms with van der Waals surface area (Å²) in [4.78, 5) is 16.6. The number of aromatic nitrogens is 1. The molecule has 7 nitrogen and oxygen atoms in total. The van der Waals surface area contributed by atoms with Crippen molar-refractivity contribution in [1.29, 1.82) is 0 Å². The van der Waals surface area contributed by atoms with Crippen molar-refractivity contribution < 1.29 is 22.4 Å². The third kappa shape index (κ3) is 6.68. The number of ether oxygens (including phenoxy) is 1. The molecular formula is C24H28N2O5S. The lowest BCUT2D eigenvalue weighted by atomic mass is 10.1. The molecule has 3 rings (SSSR count). The largest absolute Gasteiger partial charge is 0.494 e. The van der Waals surface area contributed by atoms with E-state index in [1.54, 1.807) is 6.92 Å². The highest BCUT2D eigenvalue weighted by atomic mass is 32.2. The van der Waals surface area contributed by atoms with Gasteiger partial charge in [0.25, 0.3) is 0 Å². The van der Waals surface area contributed by atoms with Gasteiger partial charge in [-0.25, -0.2) is 13.4 Å². The molecule has 0 saturated carbocycles. The van der Waals surface area contributed by atoms with Crippen LogP contribution in [0.1, 0.15) is 35.9 Å². The molecule has 0 bridgehead atoms. The van der Waals surface area contributed by atoms with Crippen LogP contribution in [0.3, 0.4) is 0 Å². The van der Waals surface area contributed by atoms with Gasteiger partial charge in [-0.3, -0.25) is 4.79 Å². The molecule has 0 unspecified atom stereocenters. The second-order valence-electron chi connectivity index (χ2n) is 7.69. The van der Waals surface area contributed by atoms with Gasteiger partial charge < -0.3 is 14.5 Å². The Bertz CT molecular complexity index is 1150. The summed E-state index contributed by atoms with van der Waals surface area (Å²) in [6.45, 7) is 6.56. The van der Waals surface area contributed by atoms with Gasteiger partial charge >= 0.3 is 0 Å². The van der Waals surface area contributed by atoms with Crippen molar-refractivity contribution in [2.75, 3.05) is 12.4 Å². The third-order valence-corrected chi connectivity index (χ3v) is 6.20. The second-order valence-corrected chi connectivity index (χ2v) is 9.75. The van der Waals surface area contributed by atoms with Crippen LogP contribution in [0.25, 0.3) is 11.5 Å². The molecule has 1 heterocycles. The van der Waals surface area contributed by atoms with E-state index in [1.807, 2.05) is 62.4 Å². The highest BCUT2D eigenvalue weighted by Crippen LogP contribution is 2.23. The maximum absolute atomic E-state index is 12.6. The number of rotatable bonds is 10. The minimum Gasteiger partial charge on any atom is -0.494 e. The van der Waals surface area contributed by atoms with Crippen molar-refractivity contribution in [3.8, 4) is 17.2 Å². The van der Waals surface area contributed by atoms with Crippen LogP contribution < -0.4 is 10.1 Å². The van der Waals surface area contributed by atoms with Gasteiger partial charge in [-0.2, -0.15) is 0 Å². The fourth-order valence-corrected chi connectivity index (χ4v) is 4.30. The highest BCUT2D eigenvalue weighted by molar-refractivity contribution is 7.91. The first kappa shape index (κ1) is 23.5. The number of oxazole rings is 1. The van der Waals surface area contributed by atoms with Gasteiger partial charge in [-0.1, -0.05) is 36.8 Å². The summed E-state index contributed by atoms with van der Waals surface area (Å²) in [5.41, 5.74) is 3.04. The summed E-state index contributed by atoms with van der Waals surface area (Å²) >= 11 is 0.